The number of likely N-dealkylation sites (N-methyl/N-ethyl adjacent to an activating group) is 1. The molecule has 1 aromatic heterocycles. The molecule has 1 unspecified atom stereocenters. The van der Waals surface area contributed by atoms with E-state index in [2.05, 4.69) is 44.8 Å². The van der Waals surface area contributed by atoms with Crippen LogP contribution in [0, 0.1) is 6.92 Å². The highest BCUT2D eigenvalue weighted by molar-refractivity contribution is 6.00. The SMILES string of the molecule is Cc1cc(NC(=O)NC2CCN(CCC(C(=O)N(C)C)(c3ccccc3)c3ccccc3)C2)c2ccccc2n1. The number of aryl methyl sites for hydroxylation is 1. The minimum atomic E-state index is -0.796. The Hall–Kier alpha value is -4.23. The molecule has 0 radical (unpaired) electrons. The average Bonchev–Trinajstić information content (AvgIpc) is 3.41. The number of nitrogens with one attached hydrogen (secondary N) is 2. The van der Waals surface area contributed by atoms with Crippen molar-refractivity contribution in [1.29, 1.82) is 0 Å². The number of pyridine rings is 1. The fourth-order valence-corrected chi connectivity index (χ4v) is 5.87. The number of rotatable bonds is 8. The van der Waals surface area contributed by atoms with Crippen molar-refractivity contribution >= 4 is 28.5 Å². The van der Waals surface area contributed by atoms with Crippen molar-refractivity contribution in [2.45, 2.75) is 31.2 Å². The number of urea groups is 1. The van der Waals surface area contributed by atoms with Gasteiger partial charge in [0.2, 0.25) is 5.91 Å². The molecule has 0 saturated carbocycles. The number of aromatic nitrogens is 1. The van der Waals surface area contributed by atoms with Crippen LogP contribution < -0.4 is 10.6 Å². The topological polar surface area (TPSA) is 77.6 Å². The lowest BCUT2D eigenvalue weighted by Crippen LogP contribution is -2.47. The second-order valence-electron chi connectivity index (χ2n) is 10.8. The van der Waals surface area contributed by atoms with Gasteiger partial charge in [-0.1, -0.05) is 78.9 Å². The van der Waals surface area contributed by atoms with E-state index in [1.54, 1.807) is 4.90 Å². The molecule has 3 aromatic carbocycles. The number of nitrogens with zero attached hydrogens (tertiary/aromatic N) is 3. The van der Waals surface area contributed by atoms with Crippen molar-refractivity contribution < 1.29 is 9.59 Å². The summed E-state index contributed by atoms with van der Waals surface area (Å²) in [6, 6.07) is 29.7. The maximum absolute atomic E-state index is 13.9. The van der Waals surface area contributed by atoms with Crippen molar-refractivity contribution in [1.82, 2.24) is 20.1 Å². The number of fused-ring (bicyclic) bond motifs is 1. The summed E-state index contributed by atoms with van der Waals surface area (Å²) in [5.41, 5.74) is 3.66. The zero-order valence-corrected chi connectivity index (χ0v) is 23.4. The maximum atomic E-state index is 13.9. The first kappa shape index (κ1) is 27.3. The first-order valence-corrected chi connectivity index (χ1v) is 13.9. The first-order valence-electron chi connectivity index (χ1n) is 13.9. The Bertz CT molecular complexity index is 1430. The van der Waals surface area contributed by atoms with Gasteiger partial charge in [-0.05, 0) is 49.6 Å². The summed E-state index contributed by atoms with van der Waals surface area (Å²) in [4.78, 5) is 35.5. The van der Waals surface area contributed by atoms with Gasteiger partial charge in [0, 0.05) is 44.3 Å². The Morgan fingerprint density at radius 2 is 1.57 bits per heavy atom. The van der Waals surface area contributed by atoms with Crippen LogP contribution in [0.1, 0.15) is 29.7 Å². The molecular formula is C33H37N5O2. The van der Waals surface area contributed by atoms with Gasteiger partial charge in [-0.25, -0.2) is 4.79 Å². The molecule has 0 aliphatic carbocycles. The number of benzene rings is 3. The number of hydrogen-bond acceptors (Lipinski definition) is 4. The van der Waals surface area contributed by atoms with E-state index in [9.17, 15) is 9.59 Å². The second kappa shape index (κ2) is 11.9. The molecule has 1 aliphatic rings. The smallest absolute Gasteiger partial charge is 0.319 e. The number of hydrogen-bond donors (Lipinski definition) is 2. The first-order chi connectivity index (χ1) is 19.4. The third-order valence-electron chi connectivity index (χ3n) is 7.81. The molecule has 2 heterocycles. The summed E-state index contributed by atoms with van der Waals surface area (Å²) in [7, 11) is 3.65. The molecule has 0 spiro atoms. The molecule has 206 valence electrons. The molecule has 5 rings (SSSR count). The van der Waals surface area contributed by atoms with Gasteiger partial charge < -0.3 is 20.4 Å². The lowest BCUT2D eigenvalue weighted by Gasteiger charge is -2.37. The molecule has 1 atom stereocenters. The van der Waals surface area contributed by atoms with Gasteiger partial charge in [0.05, 0.1) is 11.2 Å². The number of anilines is 1. The molecule has 7 nitrogen and oxygen atoms in total. The van der Waals surface area contributed by atoms with Crippen molar-refractivity contribution in [3.05, 3.63) is 108 Å². The zero-order chi connectivity index (χ0) is 28.1. The van der Waals surface area contributed by atoms with Gasteiger partial charge >= 0.3 is 6.03 Å². The fraction of sp³-hybridized carbons (Fsp3) is 0.303. The normalized spacial score (nSPS) is 15.6. The summed E-state index contributed by atoms with van der Waals surface area (Å²) >= 11 is 0. The molecule has 40 heavy (non-hydrogen) atoms. The quantitative estimate of drug-likeness (QED) is 0.325. The number of carbonyl (C=O) groups is 2. The number of para-hydroxylation sites is 1. The molecule has 1 saturated heterocycles. The highest BCUT2D eigenvalue weighted by Crippen LogP contribution is 2.38. The molecular weight excluding hydrogens is 498 g/mol. The summed E-state index contributed by atoms with van der Waals surface area (Å²) < 4.78 is 0. The number of carbonyl (C=O) groups excluding carboxylic acids is 2. The van der Waals surface area contributed by atoms with Gasteiger partial charge in [-0.2, -0.15) is 0 Å². The van der Waals surface area contributed by atoms with Crippen LogP contribution in [-0.4, -0.2) is 66.5 Å². The molecule has 1 aliphatic heterocycles. The van der Waals surface area contributed by atoms with Crippen LogP contribution >= 0.6 is 0 Å². The standard InChI is InChI=1S/C33H37N5O2/c1-24-22-30(28-16-10-11-17-29(28)34-24)36-32(40)35-27-18-20-38(23-27)21-19-33(31(39)37(2)3,25-12-6-4-7-13-25)26-14-8-5-9-15-26/h4-17,22,27H,18-21,23H2,1-3H3,(H2,34,35,36,40). The van der Waals surface area contributed by atoms with Crippen LogP contribution in [0.3, 0.4) is 0 Å². The van der Waals surface area contributed by atoms with E-state index in [0.29, 0.717) is 6.42 Å². The second-order valence-corrected chi connectivity index (χ2v) is 10.8. The summed E-state index contributed by atoms with van der Waals surface area (Å²) in [5, 5.41) is 7.11. The fourth-order valence-electron chi connectivity index (χ4n) is 5.87. The largest absolute Gasteiger partial charge is 0.348 e. The third-order valence-corrected chi connectivity index (χ3v) is 7.81. The maximum Gasteiger partial charge on any atom is 0.319 e. The van der Waals surface area contributed by atoms with Crippen molar-refractivity contribution in [3.8, 4) is 0 Å². The average molecular weight is 536 g/mol. The van der Waals surface area contributed by atoms with Crippen LogP contribution in [0.15, 0.2) is 91.0 Å². The van der Waals surface area contributed by atoms with Gasteiger partial charge in [0.1, 0.15) is 5.41 Å². The summed E-state index contributed by atoms with van der Waals surface area (Å²) in [5.74, 6) is 0.0676. The Morgan fingerprint density at radius 1 is 0.950 bits per heavy atom. The van der Waals surface area contributed by atoms with E-state index in [0.717, 1.165) is 59.5 Å². The van der Waals surface area contributed by atoms with E-state index in [4.69, 9.17) is 0 Å². The van der Waals surface area contributed by atoms with Gasteiger partial charge in [0.15, 0.2) is 0 Å². The summed E-state index contributed by atoms with van der Waals surface area (Å²) in [6.07, 6.45) is 1.49. The number of amides is 3. The van der Waals surface area contributed by atoms with Crippen molar-refractivity contribution in [2.75, 3.05) is 39.0 Å². The highest BCUT2D eigenvalue weighted by Gasteiger charge is 2.43. The van der Waals surface area contributed by atoms with E-state index >= 15 is 0 Å². The molecule has 0 bridgehead atoms. The Balaban J connectivity index is 1.28. The van der Waals surface area contributed by atoms with E-state index in [1.807, 2.05) is 87.7 Å². The zero-order valence-electron chi connectivity index (χ0n) is 23.4. The third kappa shape index (κ3) is 5.70. The van der Waals surface area contributed by atoms with Gasteiger partial charge in [0.25, 0.3) is 0 Å². The molecule has 1 fully saturated rings. The van der Waals surface area contributed by atoms with Crippen LogP contribution in [-0.2, 0) is 10.2 Å². The number of likely N-dealkylation sites (tertiary alicyclic amines) is 1. The molecule has 7 heteroatoms. The predicted molar refractivity (Wildman–Crippen MR) is 160 cm³/mol. The minimum Gasteiger partial charge on any atom is -0.348 e. The van der Waals surface area contributed by atoms with E-state index in [-0.39, 0.29) is 18.0 Å². The molecule has 4 aromatic rings. The van der Waals surface area contributed by atoms with E-state index < -0.39 is 5.41 Å². The van der Waals surface area contributed by atoms with Crippen LogP contribution in [0.5, 0.6) is 0 Å². The van der Waals surface area contributed by atoms with E-state index in [1.165, 1.54) is 0 Å². The van der Waals surface area contributed by atoms with Crippen LogP contribution in [0.25, 0.3) is 10.9 Å². The molecule has 3 amide bonds. The molecule has 2 N–H and O–H groups in total. The summed E-state index contributed by atoms with van der Waals surface area (Å²) in [6.45, 7) is 4.26. The Labute approximate surface area is 236 Å². The Kier molecular flexibility index (Phi) is 8.12. The van der Waals surface area contributed by atoms with Crippen LogP contribution in [0.4, 0.5) is 10.5 Å². The van der Waals surface area contributed by atoms with Crippen LogP contribution in [0.2, 0.25) is 0 Å². The van der Waals surface area contributed by atoms with Gasteiger partial charge in [-0.15, -0.1) is 0 Å². The van der Waals surface area contributed by atoms with Crippen molar-refractivity contribution in [2.24, 2.45) is 0 Å². The Morgan fingerprint density at radius 3 is 2.23 bits per heavy atom. The monoisotopic (exact) mass is 535 g/mol. The highest BCUT2D eigenvalue weighted by atomic mass is 16.2. The predicted octanol–water partition coefficient (Wildman–Crippen LogP) is 5.20. The van der Waals surface area contributed by atoms with Gasteiger partial charge in [-0.3, -0.25) is 9.78 Å². The van der Waals surface area contributed by atoms with Crippen molar-refractivity contribution in [3.63, 3.8) is 0 Å². The lowest BCUT2D eigenvalue weighted by molar-refractivity contribution is -0.133. The minimum absolute atomic E-state index is 0.0293. The lowest BCUT2D eigenvalue weighted by atomic mass is 9.70.